The highest BCUT2D eigenvalue weighted by atomic mass is 16.5. The first kappa shape index (κ1) is 7.59. The van der Waals surface area contributed by atoms with E-state index >= 15 is 0 Å². The molecule has 1 aromatic heterocycles. The summed E-state index contributed by atoms with van der Waals surface area (Å²) < 4.78 is 4.93. The van der Waals surface area contributed by atoms with E-state index in [4.69, 9.17) is 9.84 Å². The fraction of sp³-hybridized carbons (Fsp3) is 0.333. The Morgan fingerprint density at radius 1 is 1.91 bits per heavy atom. The number of carboxylic acid groups (broad SMARTS) is 1. The topological polar surface area (TPSA) is 75.2 Å². The summed E-state index contributed by atoms with van der Waals surface area (Å²) in [6, 6.07) is 0. The normalized spacial score (nSPS) is 9.55. The lowest BCUT2D eigenvalue weighted by Crippen LogP contribution is -1.98. The van der Waals surface area contributed by atoms with Crippen molar-refractivity contribution < 1.29 is 14.6 Å². The number of nitrogens with zero attached hydrogens (tertiary/aromatic N) is 1. The molecule has 5 heteroatoms. The molecule has 0 spiro atoms. The van der Waals surface area contributed by atoms with E-state index in [1.54, 1.807) is 6.92 Å². The summed E-state index contributed by atoms with van der Waals surface area (Å²) in [5.74, 6) is -0.880. The van der Waals surface area contributed by atoms with Crippen molar-refractivity contribution in [3.8, 4) is 5.88 Å². The van der Waals surface area contributed by atoms with Crippen molar-refractivity contribution in [2.24, 2.45) is 0 Å². The predicted octanol–water partition coefficient (Wildman–Crippen LogP) is 0.507. The van der Waals surface area contributed by atoms with Gasteiger partial charge in [-0.15, -0.1) is 0 Å². The van der Waals surface area contributed by atoms with Crippen molar-refractivity contribution in [3.63, 3.8) is 0 Å². The number of H-pyrrole nitrogens is 1. The van der Waals surface area contributed by atoms with Crippen LogP contribution in [0.5, 0.6) is 5.88 Å². The second kappa shape index (κ2) is 3.05. The van der Waals surface area contributed by atoms with Crippen LogP contribution in [-0.4, -0.2) is 27.7 Å². The van der Waals surface area contributed by atoms with Gasteiger partial charge < -0.3 is 14.8 Å². The molecule has 0 aliphatic carbocycles. The van der Waals surface area contributed by atoms with Crippen LogP contribution in [0.2, 0.25) is 0 Å². The molecule has 0 fully saturated rings. The SMILES string of the molecule is CCOc1c[nH]c(C(=O)O)n1. The zero-order valence-corrected chi connectivity index (χ0v) is 6.00. The molecule has 11 heavy (non-hydrogen) atoms. The minimum absolute atomic E-state index is 0.103. The van der Waals surface area contributed by atoms with Crippen molar-refractivity contribution in [1.29, 1.82) is 0 Å². The van der Waals surface area contributed by atoms with Gasteiger partial charge in [-0.05, 0) is 6.92 Å². The number of rotatable bonds is 3. The van der Waals surface area contributed by atoms with Crippen LogP contribution in [0.4, 0.5) is 0 Å². The molecule has 0 amide bonds. The van der Waals surface area contributed by atoms with E-state index in [0.29, 0.717) is 12.5 Å². The number of aromatic nitrogens is 2. The smallest absolute Gasteiger partial charge is 0.372 e. The van der Waals surface area contributed by atoms with Crippen LogP contribution in [0.25, 0.3) is 0 Å². The summed E-state index contributed by atoms with van der Waals surface area (Å²) in [6.45, 7) is 2.28. The van der Waals surface area contributed by atoms with Gasteiger partial charge in [0.05, 0.1) is 12.8 Å². The summed E-state index contributed by atoms with van der Waals surface area (Å²) >= 11 is 0. The Bertz CT molecular complexity index is 256. The lowest BCUT2D eigenvalue weighted by Gasteiger charge is -1.92. The zero-order valence-electron chi connectivity index (χ0n) is 6.00. The number of ether oxygens (including phenoxy) is 1. The first-order chi connectivity index (χ1) is 5.24. The average molecular weight is 156 g/mol. The third-order valence-electron chi connectivity index (χ3n) is 1.05. The lowest BCUT2D eigenvalue weighted by atomic mass is 10.6. The van der Waals surface area contributed by atoms with E-state index in [0.717, 1.165) is 0 Å². The number of aromatic carboxylic acids is 1. The van der Waals surface area contributed by atoms with Gasteiger partial charge in [0.15, 0.2) is 0 Å². The minimum atomic E-state index is -1.09. The monoisotopic (exact) mass is 156 g/mol. The van der Waals surface area contributed by atoms with Gasteiger partial charge in [0.1, 0.15) is 0 Å². The van der Waals surface area contributed by atoms with E-state index in [9.17, 15) is 4.79 Å². The summed E-state index contributed by atoms with van der Waals surface area (Å²) in [5.41, 5.74) is 0. The fourth-order valence-corrected chi connectivity index (χ4v) is 0.636. The molecule has 0 unspecified atom stereocenters. The van der Waals surface area contributed by atoms with Crippen LogP contribution >= 0.6 is 0 Å². The second-order valence-electron chi connectivity index (χ2n) is 1.83. The average Bonchev–Trinajstić information content (AvgIpc) is 2.37. The Labute approximate surface area is 63.0 Å². The molecule has 0 atom stereocenters. The van der Waals surface area contributed by atoms with Gasteiger partial charge in [0.2, 0.25) is 11.7 Å². The quantitative estimate of drug-likeness (QED) is 0.668. The van der Waals surface area contributed by atoms with Crippen LogP contribution in [0, 0.1) is 0 Å². The van der Waals surface area contributed by atoms with E-state index in [1.807, 2.05) is 0 Å². The van der Waals surface area contributed by atoms with Crippen molar-refractivity contribution in [3.05, 3.63) is 12.0 Å². The first-order valence-corrected chi connectivity index (χ1v) is 3.15. The Morgan fingerprint density at radius 2 is 2.64 bits per heavy atom. The molecule has 0 saturated heterocycles. The van der Waals surface area contributed by atoms with Gasteiger partial charge >= 0.3 is 5.97 Å². The Morgan fingerprint density at radius 3 is 3.09 bits per heavy atom. The van der Waals surface area contributed by atoms with E-state index < -0.39 is 5.97 Å². The number of carboxylic acids is 1. The molecule has 2 N–H and O–H groups in total. The largest absolute Gasteiger partial charge is 0.477 e. The van der Waals surface area contributed by atoms with Crippen molar-refractivity contribution in [2.75, 3.05) is 6.61 Å². The maximum absolute atomic E-state index is 10.3. The number of nitrogens with one attached hydrogen (secondary N) is 1. The van der Waals surface area contributed by atoms with Crippen molar-refractivity contribution in [1.82, 2.24) is 9.97 Å². The fourth-order valence-electron chi connectivity index (χ4n) is 0.636. The number of carbonyl (C=O) groups is 1. The Kier molecular flexibility index (Phi) is 2.10. The highest BCUT2D eigenvalue weighted by Gasteiger charge is 2.07. The highest BCUT2D eigenvalue weighted by Crippen LogP contribution is 2.05. The summed E-state index contributed by atoms with van der Waals surface area (Å²) in [5, 5.41) is 8.42. The molecule has 0 bridgehead atoms. The third kappa shape index (κ3) is 1.70. The third-order valence-corrected chi connectivity index (χ3v) is 1.05. The number of imidazole rings is 1. The molecule has 0 saturated carbocycles. The number of hydrogen-bond acceptors (Lipinski definition) is 3. The molecule has 1 rings (SSSR count). The molecular weight excluding hydrogens is 148 g/mol. The van der Waals surface area contributed by atoms with Gasteiger partial charge in [-0.3, -0.25) is 0 Å². The molecule has 0 aliphatic rings. The van der Waals surface area contributed by atoms with Gasteiger partial charge in [0, 0.05) is 0 Å². The van der Waals surface area contributed by atoms with Crippen LogP contribution in [0.1, 0.15) is 17.5 Å². The van der Waals surface area contributed by atoms with Crippen molar-refractivity contribution in [2.45, 2.75) is 6.92 Å². The zero-order chi connectivity index (χ0) is 8.27. The predicted molar refractivity (Wildman–Crippen MR) is 36.7 cm³/mol. The molecular formula is C6H8N2O3. The molecule has 1 heterocycles. The van der Waals surface area contributed by atoms with Gasteiger partial charge in [-0.25, -0.2) is 4.79 Å². The van der Waals surface area contributed by atoms with Gasteiger partial charge in [0.25, 0.3) is 0 Å². The van der Waals surface area contributed by atoms with Crippen LogP contribution < -0.4 is 4.74 Å². The van der Waals surface area contributed by atoms with Crippen LogP contribution in [-0.2, 0) is 0 Å². The molecule has 5 nitrogen and oxygen atoms in total. The maximum Gasteiger partial charge on any atom is 0.372 e. The van der Waals surface area contributed by atoms with Gasteiger partial charge in [-0.1, -0.05) is 0 Å². The molecule has 0 aliphatic heterocycles. The maximum atomic E-state index is 10.3. The number of hydrogen-bond donors (Lipinski definition) is 2. The summed E-state index contributed by atoms with van der Waals surface area (Å²) in [7, 11) is 0. The first-order valence-electron chi connectivity index (χ1n) is 3.15. The lowest BCUT2D eigenvalue weighted by molar-refractivity contribution is 0.0684. The Balaban J connectivity index is 2.73. The molecule has 0 radical (unpaired) electrons. The molecule has 0 aromatic carbocycles. The van der Waals surface area contributed by atoms with Crippen molar-refractivity contribution >= 4 is 5.97 Å². The Hall–Kier alpha value is -1.52. The van der Waals surface area contributed by atoms with Crippen LogP contribution in [0.15, 0.2) is 6.20 Å². The van der Waals surface area contributed by atoms with E-state index in [1.165, 1.54) is 6.20 Å². The van der Waals surface area contributed by atoms with Crippen LogP contribution in [0.3, 0.4) is 0 Å². The second-order valence-corrected chi connectivity index (χ2v) is 1.83. The summed E-state index contributed by atoms with van der Waals surface area (Å²) in [4.78, 5) is 16.3. The highest BCUT2D eigenvalue weighted by molar-refractivity contribution is 5.83. The molecule has 60 valence electrons. The van der Waals surface area contributed by atoms with E-state index in [-0.39, 0.29) is 5.82 Å². The standard InChI is InChI=1S/C6H8N2O3/c1-2-11-4-3-7-5(8-4)6(9)10/h3H,2H2,1H3,(H,7,8)(H,9,10). The minimum Gasteiger partial charge on any atom is -0.477 e. The molecule has 1 aromatic rings. The van der Waals surface area contributed by atoms with E-state index in [2.05, 4.69) is 9.97 Å². The van der Waals surface area contributed by atoms with Gasteiger partial charge in [-0.2, -0.15) is 4.98 Å². The summed E-state index contributed by atoms with van der Waals surface area (Å²) in [6.07, 6.45) is 1.41. The number of aromatic amines is 1.